The average molecular weight is 376 g/mol. The topological polar surface area (TPSA) is 154 Å². The number of sulfonamides is 1. The lowest BCUT2D eigenvalue weighted by molar-refractivity contribution is -0.113. The van der Waals surface area contributed by atoms with Gasteiger partial charge in [0.15, 0.2) is 5.70 Å². The molecule has 136 valence electrons. The molecule has 1 amide bonds. The molecule has 26 heavy (non-hydrogen) atoms. The molecule has 0 radical (unpaired) electrons. The number of nitrogens with zero attached hydrogens (tertiary/aromatic N) is 2. The van der Waals surface area contributed by atoms with E-state index in [4.69, 9.17) is 5.14 Å². The van der Waals surface area contributed by atoms with Crippen LogP contribution in [-0.2, 0) is 14.8 Å². The molecule has 0 aliphatic carbocycles. The first kappa shape index (κ1) is 19.1. The second-order valence-corrected chi connectivity index (χ2v) is 6.71. The molecule has 10 heteroatoms. The van der Waals surface area contributed by atoms with Gasteiger partial charge >= 0.3 is 0 Å². The maximum Gasteiger partial charge on any atom is 0.279 e. The largest absolute Gasteiger partial charge is 0.510 e. The maximum atomic E-state index is 12.2. The van der Waals surface area contributed by atoms with E-state index in [1.807, 2.05) is 0 Å². The first-order valence-corrected chi connectivity index (χ1v) is 8.77. The van der Waals surface area contributed by atoms with E-state index in [9.17, 15) is 23.4 Å². The van der Waals surface area contributed by atoms with Crippen LogP contribution in [0.1, 0.15) is 6.92 Å². The number of benzene rings is 2. The second-order valence-electron chi connectivity index (χ2n) is 5.15. The summed E-state index contributed by atoms with van der Waals surface area (Å²) in [5, 5.41) is 34.2. The van der Waals surface area contributed by atoms with Gasteiger partial charge in [-0.3, -0.25) is 4.79 Å². The van der Waals surface area contributed by atoms with Crippen molar-refractivity contribution in [3.63, 3.8) is 0 Å². The predicted molar refractivity (Wildman–Crippen MR) is 94.4 cm³/mol. The van der Waals surface area contributed by atoms with Crippen molar-refractivity contribution in [1.82, 2.24) is 0 Å². The molecule has 0 atom stereocenters. The van der Waals surface area contributed by atoms with Crippen LogP contribution >= 0.6 is 0 Å². The van der Waals surface area contributed by atoms with Crippen molar-refractivity contribution in [2.75, 3.05) is 5.32 Å². The third-order valence-corrected chi connectivity index (χ3v) is 4.03. The molecular weight excluding hydrogens is 360 g/mol. The molecule has 0 heterocycles. The lowest BCUT2D eigenvalue weighted by Gasteiger charge is -2.06. The van der Waals surface area contributed by atoms with Crippen molar-refractivity contribution in [2.45, 2.75) is 11.8 Å². The number of para-hydroxylation sites is 1. The SMILES string of the molecule is C/C(O)=C(/N=Nc1cc(S(N)(=O)=O)ccc1O)C(=O)Nc1ccccc1. The third kappa shape index (κ3) is 4.88. The lowest BCUT2D eigenvalue weighted by atomic mass is 10.3. The van der Waals surface area contributed by atoms with Gasteiger partial charge in [0, 0.05) is 5.69 Å². The summed E-state index contributed by atoms with van der Waals surface area (Å²) in [7, 11) is -4.01. The minimum atomic E-state index is -4.01. The summed E-state index contributed by atoms with van der Waals surface area (Å²) >= 11 is 0. The number of aromatic hydroxyl groups is 1. The number of rotatable bonds is 5. The Kier molecular flexibility index (Phi) is 5.70. The van der Waals surface area contributed by atoms with Crippen LogP contribution in [0.4, 0.5) is 11.4 Å². The molecule has 0 spiro atoms. The van der Waals surface area contributed by atoms with Crippen LogP contribution in [0.25, 0.3) is 0 Å². The molecule has 0 aliphatic heterocycles. The Hall–Kier alpha value is -3.24. The molecular formula is C16H16N4O5S. The zero-order chi connectivity index (χ0) is 19.3. The normalized spacial score (nSPS) is 12.7. The number of allylic oxidation sites excluding steroid dienone is 1. The van der Waals surface area contributed by atoms with Crippen LogP contribution in [0, 0.1) is 0 Å². The van der Waals surface area contributed by atoms with E-state index in [-0.39, 0.29) is 16.3 Å². The van der Waals surface area contributed by atoms with Crippen molar-refractivity contribution >= 4 is 27.3 Å². The molecule has 9 nitrogen and oxygen atoms in total. The van der Waals surface area contributed by atoms with Crippen LogP contribution in [-0.4, -0.2) is 24.5 Å². The van der Waals surface area contributed by atoms with Crippen molar-refractivity contribution in [3.05, 3.63) is 60.0 Å². The highest BCUT2D eigenvalue weighted by Crippen LogP contribution is 2.29. The van der Waals surface area contributed by atoms with E-state index in [1.165, 1.54) is 6.92 Å². The Bertz CT molecular complexity index is 981. The van der Waals surface area contributed by atoms with E-state index in [0.29, 0.717) is 5.69 Å². The van der Waals surface area contributed by atoms with Gasteiger partial charge in [0.25, 0.3) is 5.91 Å². The summed E-state index contributed by atoms with van der Waals surface area (Å²) in [6.45, 7) is 1.24. The molecule has 2 aromatic rings. The Morgan fingerprint density at radius 2 is 1.81 bits per heavy atom. The summed E-state index contributed by atoms with van der Waals surface area (Å²) in [5.74, 6) is -1.52. The lowest BCUT2D eigenvalue weighted by Crippen LogP contribution is -2.14. The number of hydrogen-bond acceptors (Lipinski definition) is 7. The molecule has 0 aromatic heterocycles. The molecule has 0 saturated heterocycles. The Morgan fingerprint density at radius 1 is 1.15 bits per heavy atom. The van der Waals surface area contributed by atoms with Crippen molar-refractivity contribution in [2.24, 2.45) is 15.4 Å². The fourth-order valence-corrected chi connectivity index (χ4v) is 2.39. The van der Waals surface area contributed by atoms with Crippen LogP contribution in [0.5, 0.6) is 5.75 Å². The monoisotopic (exact) mass is 376 g/mol. The number of phenolic OH excluding ortho intramolecular Hbond substituents is 1. The van der Waals surface area contributed by atoms with Gasteiger partial charge in [0.05, 0.1) is 4.90 Å². The molecule has 0 saturated carbocycles. The quantitative estimate of drug-likeness (QED) is 0.358. The first-order valence-electron chi connectivity index (χ1n) is 7.22. The first-order chi connectivity index (χ1) is 12.2. The third-order valence-electron chi connectivity index (χ3n) is 3.12. The highest BCUT2D eigenvalue weighted by molar-refractivity contribution is 7.89. The molecule has 0 unspecified atom stereocenters. The van der Waals surface area contributed by atoms with Crippen molar-refractivity contribution in [1.29, 1.82) is 0 Å². The predicted octanol–water partition coefficient (Wildman–Crippen LogP) is 2.55. The number of aliphatic hydroxyl groups excluding tert-OH is 1. The van der Waals surface area contributed by atoms with Crippen LogP contribution in [0.2, 0.25) is 0 Å². The number of hydrogen-bond donors (Lipinski definition) is 4. The van der Waals surface area contributed by atoms with Gasteiger partial charge in [0.1, 0.15) is 17.2 Å². The van der Waals surface area contributed by atoms with Gasteiger partial charge in [-0.2, -0.15) is 0 Å². The van der Waals surface area contributed by atoms with E-state index in [0.717, 1.165) is 18.2 Å². The Labute approximate surface area is 149 Å². The number of nitrogens with one attached hydrogen (secondary N) is 1. The fourth-order valence-electron chi connectivity index (χ4n) is 1.86. The van der Waals surface area contributed by atoms with Gasteiger partial charge in [-0.25, -0.2) is 13.6 Å². The minimum absolute atomic E-state index is 0.234. The number of aliphatic hydroxyl groups is 1. The standard InChI is InChI=1S/C16H16N4O5S/c1-10(21)15(16(23)18-11-5-3-2-4-6-11)20-19-13-9-12(26(17,24)25)7-8-14(13)22/h2-9,21-22H,1H3,(H,18,23)(H2,17,24,25)/b15-10-,20-19?. The number of carbonyl (C=O) groups excluding carboxylic acids is 1. The number of anilines is 1. The molecule has 0 fully saturated rings. The van der Waals surface area contributed by atoms with Gasteiger partial charge < -0.3 is 15.5 Å². The molecule has 0 aliphatic rings. The molecule has 5 N–H and O–H groups in total. The number of phenols is 1. The van der Waals surface area contributed by atoms with Crippen LogP contribution in [0.3, 0.4) is 0 Å². The van der Waals surface area contributed by atoms with E-state index in [2.05, 4.69) is 15.5 Å². The van der Waals surface area contributed by atoms with Crippen LogP contribution in [0.15, 0.2) is 75.1 Å². The molecule has 0 bridgehead atoms. The highest BCUT2D eigenvalue weighted by Gasteiger charge is 2.15. The summed E-state index contributed by atoms with van der Waals surface area (Å²) in [4.78, 5) is 11.9. The van der Waals surface area contributed by atoms with Crippen molar-refractivity contribution < 1.29 is 23.4 Å². The summed E-state index contributed by atoms with van der Waals surface area (Å²) < 4.78 is 22.7. The minimum Gasteiger partial charge on any atom is -0.510 e. The molecule has 2 aromatic carbocycles. The smallest absolute Gasteiger partial charge is 0.279 e. The highest BCUT2D eigenvalue weighted by atomic mass is 32.2. The van der Waals surface area contributed by atoms with E-state index < -0.39 is 27.4 Å². The Morgan fingerprint density at radius 3 is 2.38 bits per heavy atom. The summed E-state index contributed by atoms with van der Waals surface area (Å²) in [5.41, 5.74) is -0.164. The molecule has 2 rings (SSSR count). The number of primary sulfonamides is 1. The Balaban J connectivity index is 2.31. The number of carbonyl (C=O) groups is 1. The van der Waals surface area contributed by atoms with Crippen LogP contribution < -0.4 is 10.5 Å². The van der Waals surface area contributed by atoms with E-state index in [1.54, 1.807) is 30.3 Å². The zero-order valence-electron chi connectivity index (χ0n) is 13.6. The number of azo groups is 1. The second kappa shape index (κ2) is 7.76. The van der Waals surface area contributed by atoms with Gasteiger partial charge in [-0.15, -0.1) is 10.2 Å². The zero-order valence-corrected chi connectivity index (χ0v) is 14.4. The maximum absolute atomic E-state index is 12.2. The number of amides is 1. The fraction of sp³-hybridized carbons (Fsp3) is 0.0625. The summed E-state index contributed by atoms with van der Waals surface area (Å²) in [6.07, 6.45) is 0. The van der Waals surface area contributed by atoms with Gasteiger partial charge in [-0.05, 0) is 37.3 Å². The average Bonchev–Trinajstić information content (AvgIpc) is 2.56. The number of nitrogens with two attached hydrogens (primary N) is 1. The van der Waals surface area contributed by atoms with Gasteiger partial charge in [0.2, 0.25) is 10.0 Å². The van der Waals surface area contributed by atoms with Gasteiger partial charge in [-0.1, -0.05) is 18.2 Å². The van der Waals surface area contributed by atoms with Crippen molar-refractivity contribution in [3.8, 4) is 5.75 Å². The van der Waals surface area contributed by atoms with E-state index >= 15 is 0 Å². The summed E-state index contributed by atoms with van der Waals surface area (Å²) in [6, 6.07) is 11.6.